The first-order chi connectivity index (χ1) is 7.85. The molecule has 0 heteroatoms. The molecule has 0 radical (unpaired) electrons. The molecule has 0 unspecified atom stereocenters. The van der Waals surface area contributed by atoms with Crippen LogP contribution in [0.2, 0.25) is 0 Å². The summed E-state index contributed by atoms with van der Waals surface area (Å²) in [6.07, 6.45) is 15.4. The monoisotopic (exact) mass is 220 g/mol. The Labute approximate surface area is 102 Å². The largest absolute Gasteiger partial charge is 0.125 e. The molecule has 0 spiro atoms. The molecule has 92 valence electrons. The molecule has 0 aromatic rings. The maximum atomic E-state index is 3.75. The van der Waals surface area contributed by atoms with Gasteiger partial charge in [-0.2, -0.15) is 0 Å². The number of allylic oxidation sites excluding steroid dienone is 2. The number of unbranched alkanes of at least 4 members (excludes halogenated alkanes) is 8. The third-order valence-corrected chi connectivity index (χ3v) is 3.02. The van der Waals surface area contributed by atoms with Crippen LogP contribution in [0.5, 0.6) is 0 Å². The van der Waals surface area contributed by atoms with E-state index in [1.807, 2.05) is 6.08 Å². The molecule has 16 heavy (non-hydrogen) atoms. The van der Waals surface area contributed by atoms with Crippen molar-refractivity contribution in [1.29, 1.82) is 0 Å². The highest BCUT2D eigenvalue weighted by Crippen LogP contribution is 2.12. The Hall–Kier alpha value is -0.740. The molecule has 0 atom stereocenters. The summed E-state index contributed by atoms with van der Waals surface area (Å²) in [5, 5.41) is 0. The number of rotatable bonds is 11. The highest BCUT2D eigenvalue weighted by molar-refractivity contribution is 5.13. The van der Waals surface area contributed by atoms with Crippen LogP contribution in [0.4, 0.5) is 0 Å². The van der Waals surface area contributed by atoms with Crippen LogP contribution in [0.25, 0.3) is 0 Å². The van der Waals surface area contributed by atoms with E-state index in [9.17, 15) is 0 Å². The zero-order valence-corrected chi connectivity index (χ0v) is 11.1. The standard InChI is InChI=1S/C16H28/c1-4-7-8-9-10-11-12-13-14-15-16(5-2)6-3/h5H,2-4,7-15H2,1H3. The van der Waals surface area contributed by atoms with Gasteiger partial charge in [0, 0.05) is 0 Å². The van der Waals surface area contributed by atoms with Crippen molar-refractivity contribution in [2.45, 2.75) is 71.1 Å². The Bertz CT molecular complexity index is 206. The number of hydrogen-bond donors (Lipinski definition) is 0. The van der Waals surface area contributed by atoms with Crippen molar-refractivity contribution >= 4 is 0 Å². The highest BCUT2D eigenvalue weighted by Gasteiger charge is 1.93. The normalized spacial score (nSPS) is 9.81. The van der Waals surface area contributed by atoms with Gasteiger partial charge in [0.2, 0.25) is 0 Å². The third-order valence-electron chi connectivity index (χ3n) is 3.02. The molecule has 0 saturated heterocycles. The Balaban J connectivity index is 3.15. The van der Waals surface area contributed by atoms with Gasteiger partial charge < -0.3 is 0 Å². The first-order valence-electron chi connectivity index (χ1n) is 6.86. The minimum Gasteiger partial charge on any atom is -0.125 e. The van der Waals surface area contributed by atoms with Crippen molar-refractivity contribution < 1.29 is 0 Å². The summed E-state index contributed by atoms with van der Waals surface area (Å²) in [6, 6.07) is 0. The average Bonchev–Trinajstić information content (AvgIpc) is 2.32. The zero-order chi connectivity index (χ0) is 12.1. The first-order valence-corrected chi connectivity index (χ1v) is 6.86. The van der Waals surface area contributed by atoms with E-state index in [2.05, 4.69) is 25.8 Å². The van der Waals surface area contributed by atoms with Crippen LogP contribution in [0.1, 0.15) is 71.1 Å². The fraction of sp³-hybridized carbons (Fsp3) is 0.688. The van der Waals surface area contributed by atoms with Crippen molar-refractivity contribution in [1.82, 2.24) is 0 Å². The maximum Gasteiger partial charge on any atom is -0.00725 e. The van der Waals surface area contributed by atoms with E-state index in [4.69, 9.17) is 0 Å². The van der Waals surface area contributed by atoms with E-state index in [1.54, 1.807) is 0 Å². The van der Waals surface area contributed by atoms with E-state index >= 15 is 0 Å². The molecule has 0 aliphatic carbocycles. The smallest absolute Gasteiger partial charge is 0.00725 e. The summed E-state index contributed by atoms with van der Waals surface area (Å²) in [6.45, 7) is 9.67. The van der Waals surface area contributed by atoms with E-state index in [-0.39, 0.29) is 0 Å². The van der Waals surface area contributed by atoms with Crippen molar-refractivity contribution in [3.05, 3.63) is 30.5 Å². The fourth-order valence-electron chi connectivity index (χ4n) is 1.89. The van der Waals surface area contributed by atoms with Crippen LogP contribution >= 0.6 is 0 Å². The second-order valence-electron chi connectivity index (χ2n) is 4.48. The lowest BCUT2D eigenvalue weighted by Gasteiger charge is -2.01. The molecular weight excluding hydrogens is 192 g/mol. The summed E-state index contributed by atoms with van der Waals surface area (Å²) in [5.41, 5.74) is 4.09. The first kappa shape index (κ1) is 15.3. The molecule has 0 N–H and O–H groups in total. The van der Waals surface area contributed by atoms with Gasteiger partial charge in [0.05, 0.1) is 0 Å². The second kappa shape index (κ2) is 12.3. The topological polar surface area (TPSA) is 0 Å². The lowest BCUT2D eigenvalue weighted by atomic mass is 10.0. The van der Waals surface area contributed by atoms with Crippen molar-refractivity contribution in [2.75, 3.05) is 0 Å². The number of hydrogen-bond acceptors (Lipinski definition) is 0. The van der Waals surface area contributed by atoms with E-state index in [1.165, 1.54) is 63.4 Å². The Morgan fingerprint density at radius 3 is 1.88 bits per heavy atom. The molecule has 0 fully saturated rings. The molecular formula is C16H28. The SMILES string of the molecule is C=C=C(C=C)CCCCCCCCCCC. The second-order valence-corrected chi connectivity index (χ2v) is 4.48. The average molecular weight is 220 g/mol. The van der Waals surface area contributed by atoms with Crippen molar-refractivity contribution in [3.63, 3.8) is 0 Å². The predicted octanol–water partition coefficient (Wildman–Crippen LogP) is 5.80. The van der Waals surface area contributed by atoms with Gasteiger partial charge in [-0.3, -0.25) is 0 Å². The molecule has 0 saturated carbocycles. The Morgan fingerprint density at radius 2 is 1.44 bits per heavy atom. The lowest BCUT2D eigenvalue weighted by molar-refractivity contribution is 0.565. The highest BCUT2D eigenvalue weighted by atomic mass is 14.0. The van der Waals surface area contributed by atoms with Crippen LogP contribution in [0.3, 0.4) is 0 Å². The zero-order valence-electron chi connectivity index (χ0n) is 11.1. The maximum absolute atomic E-state index is 3.75. The summed E-state index contributed by atoms with van der Waals surface area (Å²) in [5.74, 6) is 0. The van der Waals surface area contributed by atoms with Gasteiger partial charge in [-0.05, 0) is 18.4 Å². The van der Waals surface area contributed by atoms with Crippen molar-refractivity contribution in [3.8, 4) is 0 Å². The van der Waals surface area contributed by atoms with E-state index in [0.29, 0.717) is 0 Å². The third kappa shape index (κ3) is 9.80. The summed E-state index contributed by atoms with van der Waals surface area (Å²) in [4.78, 5) is 0. The molecule has 0 aliphatic rings. The van der Waals surface area contributed by atoms with Gasteiger partial charge in [-0.1, -0.05) is 77.5 Å². The van der Waals surface area contributed by atoms with Crippen molar-refractivity contribution in [2.24, 2.45) is 0 Å². The molecule has 0 nitrogen and oxygen atoms in total. The van der Waals surface area contributed by atoms with Gasteiger partial charge >= 0.3 is 0 Å². The minimum atomic E-state index is 1.10. The van der Waals surface area contributed by atoms with E-state index in [0.717, 1.165) is 6.42 Å². The molecule has 0 aliphatic heterocycles. The molecule has 0 heterocycles. The fourth-order valence-corrected chi connectivity index (χ4v) is 1.89. The quantitative estimate of drug-likeness (QED) is 0.234. The minimum absolute atomic E-state index is 1.10. The summed E-state index contributed by atoms with van der Waals surface area (Å²) >= 11 is 0. The van der Waals surface area contributed by atoms with Crippen LogP contribution in [-0.4, -0.2) is 0 Å². The molecule has 0 aromatic heterocycles. The summed E-state index contributed by atoms with van der Waals surface area (Å²) in [7, 11) is 0. The molecule has 0 aromatic carbocycles. The summed E-state index contributed by atoms with van der Waals surface area (Å²) < 4.78 is 0. The van der Waals surface area contributed by atoms with Gasteiger partial charge in [-0.15, -0.1) is 5.73 Å². The molecule has 0 bridgehead atoms. The Morgan fingerprint density at radius 1 is 0.938 bits per heavy atom. The molecule has 0 amide bonds. The van der Waals surface area contributed by atoms with Gasteiger partial charge in [0.1, 0.15) is 0 Å². The molecule has 0 rings (SSSR count). The van der Waals surface area contributed by atoms with Crippen LogP contribution < -0.4 is 0 Å². The predicted molar refractivity (Wildman–Crippen MR) is 74.7 cm³/mol. The van der Waals surface area contributed by atoms with E-state index < -0.39 is 0 Å². The van der Waals surface area contributed by atoms with Crippen LogP contribution in [0.15, 0.2) is 30.5 Å². The van der Waals surface area contributed by atoms with Crippen LogP contribution in [-0.2, 0) is 0 Å². The Kier molecular flexibility index (Phi) is 11.8. The van der Waals surface area contributed by atoms with Gasteiger partial charge in [0.25, 0.3) is 0 Å². The van der Waals surface area contributed by atoms with Crippen LogP contribution in [0, 0.1) is 0 Å². The lowest BCUT2D eigenvalue weighted by Crippen LogP contribution is -1.82. The van der Waals surface area contributed by atoms with Gasteiger partial charge in [0.15, 0.2) is 0 Å². The van der Waals surface area contributed by atoms with Gasteiger partial charge in [-0.25, -0.2) is 0 Å².